The van der Waals surface area contributed by atoms with Crippen molar-refractivity contribution in [2.45, 2.75) is 24.6 Å². The number of likely N-dealkylation sites (tertiary alicyclic amines) is 1. The molecule has 2 atom stereocenters. The van der Waals surface area contributed by atoms with Gasteiger partial charge >= 0.3 is 0 Å². The Balaban J connectivity index is 1.56. The van der Waals surface area contributed by atoms with Crippen molar-refractivity contribution in [3.05, 3.63) is 93.7 Å². The van der Waals surface area contributed by atoms with Crippen LogP contribution in [0.25, 0.3) is 0 Å². The Hall–Kier alpha value is -2.98. The zero-order chi connectivity index (χ0) is 21.0. The second-order valence-corrected chi connectivity index (χ2v) is 8.40. The summed E-state index contributed by atoms with van der Waals surface area (Å²) in [5.41, 5.74) is 2.35. The lowest BCUT2D eigenvalue weighted by Crippen LogP contribution is -2.61. The minimum absolute atomic E-state index is 0.172. The smallest absolute Gasteiger partial charge is 0.252 e. The Labute approximate surface area is 180 Å². The van der Waals surface area contributed by atoms with E-state index < -0.39 is 11.6 Å². The summed E-state index contributed by atoms with van der Waals surface area (Å²) in [4.78, 5) is 15.0. The average molecular weight is 418 g/mol. The molecular formula is C24H23N3O2S. The summed E-state index contributed by atoms with van der Waals surface area (Å²) < 4.78 is 0. The first-order valence-corrected chi connectivity index (χ1v) is 10.8. The SMILES string of the molecule is N#Cc1cccc(CN2CC[C@@](NC(=O)c3ccsc3)(c3ccccc3)[C@H](O)C2)c1. The van der Waals surface area contributed by atoms with Crippen LogP contribution in [0.5, 0.6) is 0 Å². The van der Waals surface area contributed by atoms with Crippen LogP contribution < -0.4 is 5.32 Å². The van der Waals surface area contributed by atoms with Gasteiger partial charge in [-0.25, -0.2) is 0 Å². The molecule has 1 amide bonds. The van der Waals surface area contributed by atoms with Gasteiger partial charge in [-0.05, 0) is 41.1 Å². The third-order valence-corrected chi connectivity index (χ3v) is 6.38. The average Bonchev–Trinajstić information content (AvgIpc) is 3.32. The number of thiophene rings is 1. The second-order valence-electron chi connectivity index (χ2n) is 7.62. The van der Waals surface area contributed by atoms with E-state index in [1.807, 2.05) is 59.3 Å². The molecule has 1 aliphatic rings. The number of nitriles is 1. The standard InChI is InChI=1S/C24H23N3O2S/c25-14-18-5-4-6-19(13-18)15-27-11-10-24(22(28)16-27,21-7-2-1-3-8-21)26-23(29)20-9-12-30-17-20/h1-9,12-13,17,22,28H,10-11,15-16H2,(H,26,29)/t22-,24-/m1/s1. The van der Waals surface area contributed by atoms with Gasteiger partial charge in [0, 0.05) is 25.0 Å². The summed E-state index contributed by atoms with van der Waals surface area (Å²) in [6, 6.07) is 21.2. The number of benzene rings is 2. The monoisotopic (exact) mass is 417 g/mol. The van der Waals surface area contributed by atoms with Crippen molar-refractivity contribution in [3.8, 4) is 6.07 Å². The molecule has 1 aromatic heterocycles. The molecule has 4 rings (SSSR count). The van der Waals surface area contributed by atoms with Gasteiger partial charge in [0.1, 0.15) is 0 Å². The number of hydrogen-bond acceptors (Lipinski definition) is 5. The number of aliphatic hydroxyl groups excluding tert-OH is 1. The van der Waals surface area contributed by atoms with Crippen LogP contribution in [0.1, 0.15) is 33.5 Å². The van der Waals surface area contributed by atoms with Crippen molar-refractivity contribution in [1.82, 2.24) is 10.2 Å². The van der Waals surface area contributed by atoms with Crippen LogP contribution >= 0.6 is 11.3 Å². The highest BCUT2D eigenvalue weighted by Crippen LogP contribution is 2.34. The number of β-amino-alcohol motifs (C(OH)–C–C–N with tert-alkyl or cyclic N) is 1. The number of piperidine rings is 1. The molecule has 2 N–H and O–H groups in total. The first-order valence-electron chi connectivity index (χ1n) is 9.90. The van der Waals surface area contributed by atoms with Gasteiger partial charge in [0.25, 0.3) is 5.91 Å². The molecule has 0 unspecified atom stereocenters. The molecule has 1 saturated heterocycles. The van der Waals surface area contributed by atoms with Gasteiger partial charge < -0.3 is 10.4 Å². The van der Waals surface area contributed by atoms with Gasteiger partial charge in [-0.2, -0.15) is 16.6 Å². The molecule has 0 spiro atoms. The van der Waals surface area contributed by atoms with Crippen LogP contribution in [0.4, 0.5) is 0 Å². The molecule has 0 aliphatic carbocycles. The van der Waals surface area contributed by atoms with E-state index in [0.717, 1.165) is 11.1 Å². The third kappa shape index (κ3) is 4.14. The molecule has 0 radical (unpaired) electrons. The van der Waals surface area contributed by atoms with Crippen LogP contribution in [0.3, 0.4) is 0 Å². The summed E-state index contributed by atoms with van der Waals surface area (Å²) in [5.74, 6) is -0.172. The van der Waals surface area contributed by atoms with Gasteiger partial charge in [0.2, 0.25) is 0 Å². The molecule has 1 fully saturated rings. The maximum atomic E-state index is 12.9. The van der Waals surface area contributed by atoms with E-state index >= 15 is 0 Å². The Morgan fingerprint density at radius 1 is 1.23 bits per heavy atom. The van der Waals surface area contributed by atoms with Crippen molar-refractivity contribution in [2.75, 3.05) is 13.1 Å². The van der Waals surface area contributed by atoms with Crippen molar-refractivity contribution in [2.24, 2.45) is 0 Å². The fourth-order valence-electron chi connectivity index (χ4n) is 4.09. The lowest BCUT2D eigenvalue weighted by molar-refractivity contribution is -0.0180. The summed E-state index contributed by atoms with van der Waals surface area (Å²) in [5, 5.41) is 27.2. The Bertz CT molecular complexity index is 1050. The molecule has 2 heterocycles. The summed E-state index contributed by atoms with van der Waals surface area (Å²) in [6.07, 6.45) is -0.179. The van der Waals surface area contributed by atoms with E-state index in [0.29, 0.717) is 37.2 Å². The number of rotatable bonds is 5. The van der Waals surface area contributed by atoms with Crippen molar-refractivity contribution >= 4 is 17.2 Å². The van der Waals surface area contributed by atoms with Crippen LogP contribution in [0, 0.1) is 11.3 Å². The molecule has 2 aromatic carbocycles. The fraction of sp³-hybridized carbons (Fsp3) is 0.250. The molecule has 0 saturated carbocycles. The Morgan fingerprint density at radius 3 is 2.77 bits per heavy atom. The number of nitrogens with zero attached hydrogens (tertiary/aromatic N) is 2. The highest BCUT2D eigenvalue weighted by molar-refractivity contribution is 7.08. The fourth-order valence-corrected chi connectivity index (χ4v) is 4.73. The third-order valence-electron chi connectivity index (χ3n) is 5.69. The molecule has 5 nitrogen and oxygen atoms in total. The first-order chi connectivity index (χ1) is 14.6. The van der Waals surface area contributed by atoms with Crippen LogP contribution in [-0.2, 0) is 12.1 Å². The van der Waals surface area contributed by atoms with Crippen molar-refractivity contribution in [3.63, 3.8) is 0 Å². The normalized spacial score (nSPS) is 21.7. The van der Waals surface area contributed by atoms with Gasteiger partial charge in [0.15, 0.2) is 0 Å². The van der Waals surface area contributed by atoms with Crippen LogP contribution in [0.15, 0.2) is 71.4 Å². The second kappa shape index (κ2) is 8.80. The zero-order valence-corrected chi connectivity index (χ0v) is 17.3. The number of amides is 1. The lowest BCUT2D eigenvalue weighted by Gasteiger charge is -2.46. The Kier molecular flexibility index (Phi) is 5.96. The maximum Gasteiger partial charge on any atom is 0.252 e. The maximum absolute atomic E-state index is 12.9. The van der Waals surface area contributed by atoms with Gasteiger partial charge in [-0.1, -0.05) is 42.5 Å². The minimum atomic E-state index is -0.842. The van der Waals surface area contributed by atoms with Gasteiger partial charge in [-0.3, -0.25) is 9.69 Å². The quantitative estimate of drug-likeness (QED) is 0.666. The number of carbonyl (C=O) groups is 1. The topological polar surface area (TPSA) is 76.4 Å². The summed E-state index contributed by atoms with van der Waals surface area (Å²) >= 11 is 1.48. The molecule has 0 bridgehead atoms. The van der Waals surface area contributed by atoms with E-state index in [-0.39, 0.29) is 5.91 Å². The largest absolute Gasteiger partial charge is 0.389 e. The number of nitrogens with one attached hydrogen (secondary N) is 1. The predicted molar refractivity (Wildman–Crippen MR) is 117 cm³/mol. The van der Waals surface area contributed by atoms with E-state index in [9.17, 15) is 9.90 Å². The molecular weight excluding hydrogens is 394 g/mol. The van der Waals surface area contributed by atoms with E-state index in [2.05, 4.69) is 16.3 Å². The van der Waals surface area contributed by atoms with Crippen molar-refractivity contribution in [1.29, 1.82) is 5.26 Å². The van der Waals surface area contributed by atoms with Crippen molar-refractivity contribution < 1.29 is 9.90 Å². The van der Waals surface area contributed by atoms with Gasteiger partial charge in [-0.15, -0.1) is 0 Å². The molecule has 30 heavy (non-hydrogen) atoms. The highest BCUT2D eigenvalue weighted by atomic mass is 32.1. The molecule has 3 aromatic rings. The Morgan fingerprint density at radius 2 is 2.07 bits per heavy atom. The number of carbonyl (C=O) groups excluding carboxylic acids is 1. The summed E-state index contributed by atoms with van der Waals surface area (Å²) in [6.45, 7) is 1.79. The van der Waals surface area contributed by atoms with Crippen LogP contribution in [0.2, 0.25) is 0 Å². The summed E-state index contributed by atoms with van der Waals surface area (Å²) in [7, 11) is 0. The molecule has 1 aliphatic heterocycles. The first kappa shape index (κ1) is 20.3. The van der Waals surface area contributed by atoms with Crippen LogP contribution in [-0.4, -0.2) is 35.1 Å². The highest BCUT2D eigenvalue weighted by Gasteiger charge is 2.45. The van der Waals surface area contributed by atoms with E-state index in [1.165, 1.54) is 11.3 Å². The minimum Gasteiger partial charge on any atom is -0.389 e. The predicted octanol–water partition coefficient (Wildman–Crippen LogP) is 3.51. The lowest BCUT2D eigenvalue weighted by atomic mass is 9.78. The number of hydrogen-bond donors (Lipinski definition) is 2. The van der Waals surface area contributed by atoms with E-state index in [1.54, 1.807) is 12.1 Å². The van der Waals surface area contributed by atoms with E-state index in [4.69, 9.17) is 5.26 Å². The molecule has 6 heteroatoms. The zero-order valence-electron chi connectivity index (χ0n) is 16.5. The molecule has 152 valence electrons. The number of aliphatic hydroxyl groups is 1. The van der Waals surface area contributed by atoms with Gasteiger partial charge in [0.05, 0.1) is 28.8 Å².